The van der Waals surface area contributed by atoms with Gasteiger partial charge in [-0.15, -0.1) is 0 Å². The van der Waals surface area contributed by atoms with Crippen molar-refractivity contribution in [3.05, 3.63) is 59.0 Å². The number of rotatable bonds is 1. The number of hydrogen-bond donors (Lipinski definition) is 0. The van der Waals surface area contributed by atoms with Crippen LogP contribution in [0.1, 0.15) is 5.56 Å². The number of pyridine rings is 1. The van der Waals surface area contributed by atoms with Crippen LogP contribution in [0.2, 0.25) is 0 Å². The molecular formula is C13H8F3N3S. The molecule has 0 bridgehead atoms. The van der Waals surface area contributed by atoms with Gasteiger partial charge in [0.2, 0.25) is 4.80 Å². The summed E-state index contributed by atoms with van der Waals surface area (Å²) in [7, 11) is 0. The van der Waals surface area contributed by atoms with E-state index in [0.29, 0.717) is 10.4 Å². The van der Waals surface area contributed by atoms with Crippen molar-refractivity contribution < 1.29 is 13.2 Å². The standard InChI is InChI=1S/C13H8F3N3S/c14-13(15,16)9-4-3-5-10(8-9)17-12-19-7-2-1-6-11(19)18-20-12/h1-8H/b17-12-. The Kier molecular flexibility index (Phi) is 3.06. The van der Waals surface area contributed by atoms with Crippen LogP contribution in [0.4, 0.5) is 18.9 Å². The fraction of sp³-hybridized carbons (Fsp3) is 0.0769. The molecule has 0 fully saturated rings. The van der Waals surface area contributed by atoms with Gasteiger partial charge in [0.1, 0.15) is 0 Å². The smallest absolute Gasteiger partial charge is 0.275 e. The molecule has 0 N–H and O–H groups in total. The van der Waals surface area contributed by atoms with E-state index in [4.69, 9.17) is 0 Å². The van der Waals surface area contributed by atoms with Crippen LogP contribution in [0.3, 0.4) is 0 Å². The van der Waals surface area contributed by atoms with Gasteiger partial charge in [-0.2, -0.15) is 17.5 Å². The molecule has 3 nitrogen and oxygen atoms in total. The molecule has 2 aromatic heterocycles. The summed E-state index contributed by atoms with van der Waals surface area (Å²) in [6, 6.07) is 10.4. The van der Waals surface area contributed by atoms with Crippen molar-refractivity contribution in [3.63, 3.8) is 0 Å². The first-order chi connectivity index (χ1) is 9.54. The Morgan fingerprint density at radius 2 is 1.95 bits per heavy atom. The third-order valence-electron chi connectivity index (χ3n) is 2.66. The van der Waals surface area contributed by atoms with Gasteiger partial charge < -0.3 is 0 Å². The predicted molar refractivity (Wildman–Crippen MR) is 69.7 cm³/mol. The number of benzene rings is 1. The maximum atomic E-state index is 12.6. The average molecular weight is 295 g/mol. The van der Waals surface area contributed by atoms with Gasteiger partial charge >= 0.3 is 6.18 Å². The third kappa shape index (κ3) is 2.44. The van der Waals surface area contributed by atoms with Crippen LogP contribution in [-0.4, -0.2) is 8.77 Å². The number of alkyl halides is 3. The molecular weight excluding hydrogens is 287 g/mol. The summed E-state index contributed by atoms with van der Waals surface area (Å²) < 4.78 is 43.8. The highest BCUT2D eigenvalue weighted by molar-refractivity contribution is 7.03. The van der Waals surface area contributed by atoms with Crippen LogP contribution in [0, 0.1) is 0 Å². The monoisotopic (exact) mass is 295 g/mol. The Morgan fingerprint density at radius 1 is 1.10 bits per heavy atom. The van der Waals surface area contributed by atoms with Crippen molar-refractivity contribution in [2.24, 2.45) is 4.99 Å². The van der Waals surface area contributed by atoms with Gasteiger partial charge in [0.05, 0.1) is 11.3 Å². The molecule has 20 heavy (non-hydrogen) atoms. The second kappa shape index (κ2) is 4.75. The molecule has 2 heterocycles. The minimum atomic E-state index is -4.37. The van der Waals surface area contributed by atoms with E-state index < -0.39 is 11.7 Å². The first-order valence-electron chi connectivity index (χ1n) is 5.69. The lowest BCUT2D eigenvalue weighted by atomic mass is 10.2. The molecule has 0 aliphatic carbocycles. The Hall–Kier alpha value is -2.15. The van der Waals surface area contributed by atoms with Crippen molar-refractivity contribution >= 4 is 22.9 Å². The summed E-state index contributed by atoms with van der Waals surface area (Å²) in [6.07, 6.45) is -2.60. The van der Waals surface area contributed by atoms with E-state index in [1.165, 1.54) is 12.1 Å². The third-order valence-corrected chi connectivity index (χ3v) is 3.39. The summed E-state index contributed by atoms with van der Waals surface area (Å²) in [5.74, 6) is 0. The SMILES string of the molecule is FC(F)(F)c1cccc(/N=c2\snc3ccccn23)c1. The number of aromatic nitrogens is 2. The van der Waals surface area contributed by atoms with Gasteiger partial charge in [-0.3, -0.25) is 4.40 Å². The van der Waals surface area contributed by atoms with Crippen molar-refractivity contribution in [3.8, 4) is 0 Å². The zero-order valence-corrected chi connectivity index (χ0v) is 10.8. The molecule has 3 aromatic rings. The number of halogens is 3. The maximum Gasteiger partial charge on any atom is 0.416 e. The molecule has 3 rings (SSSR count). The number of fused-ring (bicyclic) bond motifs is 1. The van der Waals surface area contributed by atoms with E-state index in [1.54, 1.807) is 10.6 Å². The van der Waals surface area contributed by atoms with Gasteiger partial charge in [0, 0.05) is 17.7 Å². The molecule has 1 aromatic carbocycles. The van der Waals surface area contributed by atoms with E-state index in [-0.39, 0.29) is 5.69 Å². The summed E-state index contributed by atoms with van der Waals surface area (Å²) in [4.78, 5) is 4.75. The van der Waals surface area contributed by atoms with E-state index in [1.807, 2.05) is 18.2 Å². The van der Waals surface area contributed by atoms with E-state index >= 15 is 0 Å². The lowest BCUT2D eigenvalue weighted by molar-refractivity contribution is -0.137. The number of nitrogens with zero attached hydrogens (tertiary/aromatic N) is 3. The van der Waals surface area contributed by atoms with E-state index in [9.17, 15) is 13.2 Å². The lowest BCUT2D eigenvalue weighted by Gasteiger charge is -2.06. The fourth-order valence-electron chi connectivity index (χ4n) is 1.74. The van der Waals surface area contributed by atoms with Crippen LogP contribution in [0.25, 0.3) is 5.65 Å². The van der Waals surface area contributed by atoms with E-state index in [2.05, 4.69) is 9.37 Å². The molecule has 0 aliphatic heterocycles. The van der Waals surface area contributed by atoms with Crippen LogP contribution in [0.15, 0.2) is 53.7 Å². The van der Waals surface area contributed by atoms with Crippen molar-refractivity contribution in [2.75, 3.05) is 0 Å². The Balaban J connectivity index is 2.13. The molecule has 102 valence electrons. The van der Waals surface area contributed by atoms with E-state index in [0.717, 1.165) is 23.7 Å². The van der Waals surface area contributed by atoms with Crippen LogP contribution < -0.4 is 4.80 Å². The van der Waals surface area contributed by atoms with Gasteiger partial charge in [-0.05, 0) is 30.3 Å². The molecule has 0 radical (unpaired) electrons. The van der Waals surface area contributed by atoms with Gasteiger partial charge in [-0.1, -0.05) is 12.1 Å². The van der Waals surface area contributed by atoms with Gasteiger partial charge in [0.15, 0.2) is 5.65 Å². The summed E-state index contributed by atoms with van der Waals surface area (Å²) in [5, 5.41) is 0. The molecule has 7 heteroatoms. The summed E-state index contributed by atoms with van der Waals surface area (Å²) in [6.45, 7) is 0. The molecule has 0 saturated carbocycles. The van der Waals surface area contributed by atoms with Crippen LogP contribution in [-0.2, 0) is 6.18 Å². The topological polar surface area (TPSA) is 29.7 Å². The highest BCUT2D eigenvalue weighted by Crippen LogP contribution is 2.31. The zero-order chi connectivity index (χ0) is 14.2. The minimum Gasteiger partial charge on any atom is -0.275 e. The average Bonchev–Trinajstić information content (AvgIpc) is 2.82. The lowest BCUT2D eigenvalue weighted by Crippen LogP contribution is -2.06. The minimum absolute atomic E-state index is 0.252. The molecule has 0 spiro atoms. The Bertz CT molecular complexity index is 817. The van der Waals surface area contributed by atoms with Crippen LogP contribution >= 0.6 is 11.5 Å². The zero-order valence-electron chi connectivity index (χ0n) is 10.0. The Labute approximate surface area is 115 Å². The van der Waals surface area contributed by atoms with Crippen molar-refractivity contribution in [2.45, 2.75) is 6.18 Å². The molecule has 0 atom stereocenters. The second-order valence-electron chi connectivity index (χ2n) is 4.05. The van der Waals surface area contributed by atoms with Crippen LogP contribution in [0.5, 0.6) is 0 Å². The first kappa shape index (κ1) is 12.9. The molecule has 0 aliphatic rings. The highest BCUT2D eigenvalue weighted by atomic mass is 32.1. The van der Waals surface area contributed by atoms with Gasteiger partial charge in [0.25, 0.3) is 0 Å². The quantitative estimate of drug-likeness (QED) is 0.674. The fourth-order valence-corrected chi connectivity index (χ4v) is 2.45. The first-order valence-corrected chi connectivity index (χ1v) is 6.46. The van der Waals surface area contributed by atoms with Crippen molar-refractivity contribution in [1.29, 1.82) is 0 Å². The molecule has 0 saturated heterocycles. The summed E-state index contributed by atoms with van der Waals surface area (Å²) >= 11 is 1.14. The summed E-state index contributed by atoms with van der Waals surface area (Å²) in [5.41, 5.74) is 0.252. The Morgan fingerprint density at radius 3 is 2.75 bits per heavy atom. The predicted octanol–water partition coefficient (Wildman–Crippen LogP) is 3.65. The highest BCUT2D eigenvalue weighted by Gasteiger charge is 2.30. The normalized spacial score (nSPS) is 13.1. The second-order valence-corrected chi connectivity index (χ2v) is 4.78. The number of hydrogen-bond acceptors (Lipinski definition) is 3. The van der Waals surface area contributed by atoms with Gasteiger partial charge in [-0.25, -0.2) is 4.99 Å². The maximum absolute atomic E-state index is 12.6. The molecule has 0 unspecified atom stereocenters. The molecule has 0 amide bonds. The largest absolute Gasteiger partial charge is 0.416 e. The van der Waals surface area contributed by atoms with Crippen molar-refractivity contribution in [1.82, 2.24) is 8.77 Å².